The molecule has 0 radical (unpaired) electrons. The SMILES string of the molecule is O=C(Nc1ncccc1O)c1cn(-c2ccccc2)nc1-c1cccs1. The molecule has 128 valence electrons. The van der Waals surface area contributed by atoms with Gasteiger partial charge in [-0.1, -0.05) is 24.3 Å². The minimum atomic E-state index is -0.385. The van der Waals surface area contributed by atoms with Crippen molar-refractivity contribution in [2.24, 2.45) is 0 Å². The molecule has 1 amide bonds. The number of carbonyl (C=O) groups is 1. The first-order valence-electron chi connectivity index (χ1n) is 7.86. The molecule has 4 rings (SSSR count). The highest BCUT2D eigenvalue weighted by molar-refractivity contribution is 7.13. The molecule has 0 unspecified atom stereocenters. The van der Waals surface area contributed by atoms with Crippen molar-refractivity contribution in [1.29, 1.82) is 0 Å². The van der Waals surface area contributed by atoms with E-state index in [1.54, 1.807) is 16.9 Å². The van der Waals surface area contributed by atoms with Crippen molar-refractivity contribution < 1.29 is 9.90 Å². The van der Waals surface area contributed by atoms with E-state index >= 15 is 0 Å². The number of thiophene rings is 1. The lowest BCUT2D eigenvalue weighted by molar-refractivity contribution is 0.102. The van der Waals surface area contributed by atoms with Crippen molar-refractivity contribution in [3.8, 4) is 22.0 Å². The standard InChI is InChI=1S/C19H14N4O2S/c24-15-8-4-10-20-18(15)21-19(25)14-12-23(13-6-2-1-3-7-13)22-17(14)16-9-5-11-26-16/h1-12,24H,(H,20,21,25). The molecular weight excluding hydrogens is 348 g/mol. The Kier molecular flexibility index (Phi) is 4.20. The maximum atomic E-state index is 12.8. The number of rotatable bonds is 4. The van der Waals surface area contributed by atoms with E-state index in [0.29, 0.717) is 11.3 Å². The fourth-order valence-corrected chi connectivity index (χ4v) is 3.24. The summed E-state index contributed by atoms with van der Waals surface area (Å²) in [5, 5.41) is 19.0. The summed E-state index contributed by atoms with van der Waals surface area (Å²) >= 11 is 1.50. The van der Waals surface area contributed by atoms with E-state index < -0.39 is 0 Å². The third-order valence-corrected chi connectivity index (χ3v) is 4.63. The number of nitrogens with zero attached hydrogens (tertiary/aromatic N) is 3. The smallest absolute Gasteiger partial charge is 0.260 e. The van der Waals surface area contributed by atoms with Crippen LogP contribution in [0.4, 0.5) is 5.82 Å². The Morgan fingerprint density at radius 1 is 1.08 bits per heavy atom. The highest BCUT2D eigenvalue weighted by atomic mass is 32.1. The van der Waals surface area contributed by atoms with Crippen LogP contribution in [0.5, 0.6) is 5.75 Å². The molecule has 0 bridgehead atoms. The topological polar surface area (TPSA) is 80.0 Å². The number of para-hydroxylation sites is 1. The number of carbonyl (C=O) groups excluding carboxylic acids is 1. The largest absolute Gasteiger partial charge is 0.504 e. The van der Waals surface area contributed by atoms with Crippen LogP contribution >= 0.6 is 11.3 Å². The molecule has 0 saturated carbocycles. The van der Waals surface area contributed by atoms with Crippen LogP contribution in [0.2, 0.25) is 0 Å². The zero-order chi connectivity index (χ0) is 17.9. The van der Waals surface area contributed by atoms with E-state index in [-0.39, 0.29) is 17.5 Å². The van der Waals surface area contributed by atoms with Crippen LogP contribution in [-0.4, -0.2) is 25.8 Å². The van der Waals surface area contributed by atoms with Crippen LogP contribution in [0.25, 0.3) is 16.3 Å². The summed E-state index contributed by atoms with van der Waals surface area (Å²) in [4.78, 5) is 17.7. The number of pyridine rings is 1. The molecule has 0 saturated heterocycles. The van der Waals surface area contributed by atoms with Crippen molar-refractivity contribution in [2.75, 3.05) is 5.32 Å². The van der Waals surface area contributed by atoms with Crippen molar-refractivity contribution in [2.45, 2.75) is 0 Å². The second kappa shape index (κ2) is 6.81. The first kappa shape index (κ1) is 16.0. The number of amides is 1. The Morgan fingerprint density at radius 2 is 1.92 bits per heavy atom. The van der Waals surface area contributed by atoms with Crippen molar-refractivity contribution in [3.05, 3.63) is 77.9 Å². The molecule has 1 aromatic carbocycles. The third kappa shape index (κ3) is 3.07. The number of anilines is 1. The van der Waals surface area contributed by atoms with Crippen molar-refractivity contribution in [1.82, 2.24) is 14.8 Å². The number of hydrogen-bond acceptors (Lipinski definition) is 5. The van der Waals surface area contributed by atoms with Gasteiger partial charge in [0.1, 0.15) is 5.69 Å². The molecular formula is C19H14N4O2S. The molecule has 7 heteroatoms. The van der Waals surface area contributed by atoms with Gasteiger partial charge in [0.25, 0.3) is 5.91 Å². The van der Waals surface area contributed by atoms with Crippen molar-refractivity contribution in [3.63, 3.8) is 0 Å². The molecule has 0 aliphatic heterocycles. The van der Waals surface area contributed by atoms with Gasteiger partial charge < -0.3 is 10.4 Å². The monoisotopic (exact) mass is 362 g/mol. The van der Waals surface area contributed by atoms with E-state index in [2.05, 4.69) is 15.4 Å². The van der Waals surface area contributed by atoms with E-state index in [0.717, 1.165) is 10.6 Å². The Bertz CT molecular complexity index is 1040. The Balaban J connectivity index is 1.75. The van der Waals surface area contributed by atoms with Gasteiger partial charge in [-0.15, -0.1) is 11.3 Å². The predicted molar refractivity (Wildman–Crippen MR) is 101 cm³/mol. The maximum Gasteiger partial charge on any atom is 0.260 e. The number of benzene rings is 1. The summed E-state index contributed by atoms with van der Waals surface area (Å²) in [5.74, 6) is -0.361. The zero-order valence-corrected chi connectivity index (χ0v) is 14.4. The lowest BCUT2D eigenvalue weighted by Gasteiger charge is -2.05. The molecule has 4 aromatic rings. The molecule has 2 N–H and O–H groups in total. The molecule has 0 atom stereocenters. The van der Waals surface area contributed by atoms with Gasteiger partial charge in [0.05, 0.1) is 16.1 Å². The Hall–Kier alpha value is -3.45. The highest BCUT2D eigenvalue weighted by Gasteiger charge is 2.20. The normalized spacial score (nSPS) is 10.6. The summed E-state index contributed by atoms with van der Waals surface area (Å²) < 4.78 is 1.67. The second-order valence-electron chi connectivity index (χ2n) is 5.47. The molecule has 0 spiro atoms. The van der Waals surface area contributed by atoms with Crippen LogP contribution in [0, 0.1) is 0 Å². The molecule has 0 aliphatic carbocycles. The predicted octanol–water partition coefficient (Wildman–Crippen LogP) is 3.95. The number of nitrogens with one attached hydrogen (secondary N) is 1. The Morgan fingerprint density at radius 3 is 2.65 bits per heavy atom. The molecule has 3 aromatic heterocycles. The minimum Gasteiger partial charge on any atom is -0.504 e. The lowest BCUT2D eigenvalue weighted by atomic mass is 10.2. The molecule has 0 fully saturated rings. The van der Waals surface area contributed by atoms with Gasteiger partial charge in [0.15, 0.2) is 11.6 Å². The zero-order valence-electron chi connectivity index (χ0n) is 13.5. The summed E-state index contributed by atoms with van der Waals surface area (Å²) in [5.41, 5.74) is 1.84. The molecule has 26 heavy (non-hydrogen) atoms. The summed E-state index contributed by atoms with van der Waals surface area (Å²) in [6, 6.07) is 16.5. The third-order valence-electron chi connectivity index (χ3n) is 3.75. The fraction of sp³-hybridized carbons (Fsp3) is 0. The number of hydrogen-bond donors (Lipinski definition) is 2. The summed E-state index contributed by atoms with van der Waals surface area (Å²) in [7, 11) is 0. The van der Waals surface area contributed by atoms with E-state index in [1.807, 2.05) is 47.8 Å². The molecule has 6 nitrogen and oxygen atoms in total. The number of aromatic hydroxyl groups is 1. The lowest BCUT2D eigenvalue weighted by Crippen LogP contribution is -2.13. The van der Waals surface area contributed by atoms with E-state index in [9.17, 15) is 9.90 Å². The first-order chi connectivity index (χ1) is 12.7. The van der Waals surface area contributed by atoms with Gasteiger partial charge in [-0.05, 0) is 35.7 Å². The van der Waals surface area contributed by atoms with Crippen LogP contribution in [0.3, 0.4) is 0 Å². The van der Waals surface area contributed by atoms with Crippen LogP contribution in [-0.2, 0) is 0 Å². The molecule has 0 aliphatic rings. The average molecular weight is 362 g/mol. The summed E-state index contributed by atoms with van der Waals surface area (Å²) in [6.07, 6.45) is 3.18. The van der Waals surface area contributed by atoms with Gasteiger partial charge in [0.2, 0.25) is 0 Å². The van der Waals surface area contributed by atoms with Gasteiger partial charge in [0, 0.05) is 12.4 Å². The van der Waals surface area contributed by atoms with Crippen molar-refractivity contribution >= 4 is 23.1 Å². The fourth-order valence-electron chi connectivity index (χ4n) is 2.52. The van der Waals surface area contributed by atoms with Gasteiger partial charge in [-0.3, -0.25) is 4.79 Å². The second-order valence-corrected chi connectivity index (χ2v) is 6.42. The van der Waals surface area contributed by atoms with Crippen LogP contribution in [0.15, 0.2) is 72.4 Å². The van der Waals surface area contributed by atoms with Crippen LogP contribution < -0.4 is 5.32 Å². The highest BCUT2D eigenvalue weighted by Crippen LogP contribution is 2.29. The van der Waals surface area contributed by atoms with E-state index in [4.69, 9.17) is 0 Å². The van der Waals surface area contributed by atoms with Crippen LogP contribution in [0.1, 0.15) is 10.4 Å². The maximum absolute atomic E-state index is 12.8. The molecule has 3 heterocycles. The van der Waals surface area contributed by atoms with Gasteiger partial charge >= 0.3 is 0 Å². The quantitative estimate of drug-likeness (QED) is 0.576. The average Bonchev–Trinajstić information content (AvgIpc) is 3.34. The number of aromatic nitrogens is 3. The van der Waals surface area contributed by atoms with E-state index in [1.165, 1.54) is 23.6 Å². The van der Waals surface area contributed by atoms with Gasteiger partial charge in [-0.25, -0.2) is 9.67 Å². The summed E-state index contributed by atoms with van der Waals surface area (Å²) in [6.45, 7) is 0. The first-order valence-corrected chi connectivity index (χ1v) is 8.74. The minimum absolute atomic E-state index is 0.0889. The van der Waals surface area contributed by atoms with Gasteiger partial charge in [-0.2, -0.15) is 5.10 Å². The Labute approximate surface area is 153 Å².